The second-order valence-corrected chi connectivity index (χ2v) is 11.1. The summed E-state index contributed by atoms with van der Waals surface area (Å²) in [4.78, 5) is 32.2. The van der Waals surface area contributed by atoms with Crippen molar-refractivity contribution in [1.29, 1.82) is 5.26 Å². The van der Waals surface area contributed by atoms with Gasteiger partial charge in [0.25, 0.3) is 0 Å². The zero-order valence-corrected chi connectivity index (χ0v) is 23.9. The zero-order chi connectivity index (χ0) is 29.9. The number of hydrogen-bond acceptors (Lipinski definition) is 6. The second-order valence-electron chi connectivity index (χ2n) is 11.1. The van der Waals surface area contributed by atoms with Crippen LogP contribution in [0.4, 0.5) is 10.5 Å². The molecule has 214 valence electrons. The van der Waals surface area contributed by atoms with E-state index in [0.717, 1.165) is 38.5 Å². The summed E-state index contributed by atoms with van der Waals surface area (Å²) in [7, 11) is 1.31. The molecular weight excluding hydrogens is 530 g/mol. The Kier molecular flexibility index (Phi) is 7.89. The number of esters is 1. The molecule has 1 amide bonds. The summed E-state index contributed by atoms with van der Waals surface area (Å²) in [6.45, 7) is 5.33. The monoisotopic (exact) mass is 563 g/mol. The van der Waals surface area contributed by atoms with E-state index >= 15 is 0 Å². The predicted molar refractivity (Wildman–Crippen MR) is 163 cm³/mol. The lowest BCUT2D eigenvalue weighted by molar-refractivity contribution is 0.0501. The molecule has 2 atom stereocenters. The summed E-state index contributed by atoms with van der Waals surface area (Å²) >= 11 is 0. The van der Waals surface area contributed by atoms with E-state index in [1.807, 2.05) is 67.0 Å². The van der Waals surface area contributed by atoms with Crippen molar-refractivity contribution in [3.63, 3.8) is 0 Å². The average Bonchev–Trinajstić information content (AvgIpc) is 3.61. The first-order chi connectivity index (χ1) is 20.1. The van der Waals surface area contributed by atoms with Crippen molar-refractivity contribution in [2.75, 3.05) is 12.4 Å². The quantitative estimate of drug-likeness (QED) is 0.158. The molecule has 9 nitrogen and oxygen atoms in total. The third kappa shape index (κ3) is 6.23. The number of aromatic amines is 2. The van der Waals surface area contributed by atoms with Gasteiger partial charge >= 0.3 is 12.1 Å². The maximum absolute atomic E-state index is 12.9. The number of aromatic nitrogens is 2. The Morgan fingerprint density at radius 2 is 1.74 bits per heavy atom. The number of nitrogens with one attached hydrogen (secondary N) is 4. The van der Waals surface area contributed by atoms with E-state index in [1.54, 1.807) is 32.9 Å². The number of hydrogen-bond donors (Lipinski definition) is 4. The number of H-pyrrole nitrogens is 2. The van der Waals surface area contributed by atoms with E-state index in [9.17, 15) is 14.9 Å². The summed E-state index contributed by atoms with van der Waals surface area (Å²) in [5, 5.41) is 18.5. The summed E-state index contributed by atoms with van der Waals surface area (Å²) in [6.07, 6.45) is 3.44. The van der Waals surface area contributed by atoms with E-state index in [4.69, 9.17) is 9.47 Å². The number of rotatable bonds is 8. The molecule has 0 radical (unpaired) electrons. The number of alkyl carbamates (subject to hydrolysis) is 1. The van der Waals surface area contributed by atoms with Crippen molar-refractivity contribution in [3.05, 3.63) is 90.3 Å². The average molecular weight is 564 g/mol. The lowest BCUT2D eigenvalue weighted by Crippen LogP contribution is -2.49. The number of ether oxygens (including phenoxy) is 2. The number of fused-ring (bicyclic) bond motifs is 2. The van der Waals surface area contributed by atoms with Crippen molar-refractivity contribution in [3.8, 4) is 17.2 Å². The van der Waals surface area contributed by atoms with Crippen LogP contribution in [0, 0.1) is 11.3 Å². The SMILES string of the molecule is COC(=O)c1cc(-c2ccc3cc[nH]c3c2)ccc1NC(C#N)[C@H](Cc1c[nH]c2ccccc12)NC(=O)OC(C)(C)C. The molecule has 4 N–H and O–H groups in total. The fourth-order valence-electron chi connectivity index (χ4n) is 4.99. The predicted octanol–water partition coefficient (Wildman–Crippen LogP) is 6.54. The van der Waals surface area contributed by atoms with Crippen LogP contribution in [-0.2, 0) is 15.9 Å². The van der Waals surface area contributed by atoms with E-state index in [1.165, 1.54) is 7.11 Å². The van der Waals surface area contributed by atoms with Crippen molar-refractivity contribution >= 4 is 39.6 Å². The van der Waals surface area contributed by atoms with Crippen LogP contribution in [0.5, 0.6) is 0 Å². The van der Waals surface area contributed by atoms with Gasteiger partial charge in [-0.25, -0.2) is 9.59 Å². The van der Waals surface area contributed by atoms with Gasteiger partial charge in [-0.1, -0.05) is 36.4 Å². The summed E-state index contributed by atoms with van der Waals surface area (Å²) in [6, 6.07) is 21.8. The highest BCUT2D eigenvalue weighted by molar-refractivity contribution is 5.98. The Balaban J connectivity index is 1.48. The van der Waals surface area contributed by atoms with Crippen LogP contribution in [0.15, 0.2) is 79.1 Å². The molecule has 0 bridgehead atoms. The minimum atomic E-state index is -0.921. The van der Waals surface area contributed by atoms with Crippen LogP contribution >= 0.6 is 0 Å². The van der Waals surface area contributed by atoms with Crippen LogP contribution in [0.25, 0.3) is 32.9 Å². The van der Waals surface area contributed by atoms with Crippen molar-refractivity contribution in [2.24, 2.45) is 0 Å². The number of carbonyl (C=O) groups excluding carboxylic acids is 2. The van der Waals surface area contributed by atoms with Gasteiger partial charge in [0.1, 0.15) is 11.6 Å². The Hall–Kier alpha value is -5.23. The highest BCUT2D eigenvalue weighted by Gasteiger charge is 2.28. The molecule has 0 fully saturated rings. The molecule has 42 heavy (non-hydrogen) atoms. The van der Waals surface area contributed by atoms with Gasteiger partial charge in [-0.2, -0.15) is 5.26 Å². The lowest BCUT2D eigenvalue weighted by atomic mass is 9.97. The lowest BCUT2D eigenvalue weighted by Gasteiger charge is -2.27. The topological polar surface area (TPSA) is 132 Å². The molecule has 9 heteroatoms. The molecule has 0 saturated heterocycles. The first-order valence-electron chi connectivity index (χ1n) is 13.7. The summed E-state index contributed by atoms with van der Waals surface area (Å²) in [5.74, 6) is -0.551. The van der Waals surface area contributed by atoms with E-state index < -0.39 is 29.7 Å². The fourth-order valence-corrected chi connectivity index (χ4v) is 4.99. The van der Waals surface area contributed by atoms with Crippen molar-refractivity contribution in [2.45, 2.75) is 44.9 Å². The number of anilines is 1. The summed E-state index contributed by atoms with van der Waals surface area (Å²) in [5.41, 5.74) is 4.55. The van der Waals surface area contributed by atoms with Gasteiger partial charge in [-0.3, -0.25) is 0 Å². The van der Waals surface area contributed by atoms with Gasteiger partial charge in [0.2, 0.25) is 0 Å². The van der Waals surface area contributed by atoms with E-state index in [2.05, 4.69) is 26.7 Å². The Labute approximate surface area is 243 Å². The number of carbonyl (C=O) groups is 2. The van der Waals surface area contributed by atoms with Gasteiger partial charge in [0.05, 0.1) is 24.8 Å². The number of benzene rings is 3. The summed E-state index contributed by atoms with van der Waals surface area (Å²) < 4.78 is 10.6. The van der Waals surface area contributed by atoms with E-state index in [-0.39, 0.29) is 5.56 Å². The van der Waals surface area contributed by atoms with Gasteiger partial charge in [0.15, 0.2) is 0 Å². The molecule has 3 aromatic carbocycles. The smallest absolute Gasteiger partial charge is 0.407 e. The second kappa shape index (κ2) is 11.7. The molecule has 2 heterocycles. The molecular formula is C33H33N5O4. The van der Waals surface area contributed by atoms with Gasteiger partial charge in [0, 0.05) is 34.5 Å². The minimum absolute atomic E-state index is 0.268. The Morgan fingerprint density at radius 3 is 2.50 bits per heavy atom. The third-order valence-corrected chi connectivity index (χ3v) is 6.98. The van der Waals surface area contributed by atoms with Crippen molar-refractivity contribution in [1.82, 2.24) is 15.3 Å². The van der Waals surface area contributed by atoms with Gasteiger partial charge < -0.3 is 30.1 Å². The number of amides is 1. The van der Waals surface area contributed by atoms with E-state index in [0.29, 0.717) is 12.1 Å². The first kappa shape index (κ1) is 28.3. The zero-order valence-electron chi connectivity index (χ0n) is 23.9. The molecule has 0 spiro atoms. The Bertz CT molecular complexity index is 1790. The number of nitrogens with zero attached hydrogens (tertiary/aromatic N) is 1. The van der Waals surface area contributed by atoms with Crippen LogP contribution in [-0.4, -0.2) is 46.8 Å². The normalized spacial score (nSPS) is 12.8. The first-order valence-corrected chi connectivity index (χ1v) is 13.7. The fraction of sp³-hybridized carbons (Fsp3) is 0.242. The molecule has 0 aliphatic carbocycles. The maximum atomic E-state index is 12.9. The maximum Gasteiger partial charge on any atom is 0.407 e. The van der Waals surface area contributed by atoms with Crippen LogP contribution < -0.4 is 10.6 Å². The number of methoxy groups -OCH3 is 1. The molecule has 0 saturated carbocycles. The van der Waals surface area contributed by atoms with Crippen LogP contribution in [0.1, 0.15) is 36.7 Å². The third-order valence-electron chi connectivity index (χ3n) is 6.98. The van der Waals surface area contributed by atoms with Gasteiger partial charge in [-0.05, 0) is 79.6 Å². The minimum Gasteiger partial charge on any atom is -0.465 e. The molecule has 1 unspecified atom stereocenters. The Morgan fingerprint density at radius 1 is 0.976 bits per heavy atom. The molecule has 5 rings (SSSR count). The highest BCUT2D eigenvalue weighted by Crippen LogP contribution is 2.29. The number of nitriles is 1. The van der Waals surface area contributed by atoms with Crippen molar-refractivity contribution < 1.29 is 19.1 Å². The highest BCUT2D eigenvalue weighted by atomic mass is 16.6. The van der Waals surface area contributed by atoms with Gasteiger partial charge in [-0.15, -0.1) is 0 Å². The molecule has 0 aliphatic rings. The molecule has 2 aromatic heterocycles. The molecule has 5 aromatic rings. The standard InChI is InChI=1S/C33H33N5O4/c1-33(2,3)42-32(40)38-29(17-23-19-36-26-8-6-5-7-24(23)26)30(18-34)37-27-12-11-21(15-25(27)31(39)41-4)22-10-9-20-13-14-35-28(20)16-22/h5-16,19,29-30,35-37H,17H2,1-4H3,(H,38,40)/t29-,30?/m0/s1. The largest absolute Gasteiger partial charge is 0.465 e. The van der Waals surface area contributed by atoms with Crippen LogP contribution in [0.2, 0.25) is 0 Å². The number of para-hydroxylation sites is 1. The molecule has 0 aliphatic heterocycles. The van der Waals surface area contributed by atoms with Crippen LogP contribution in [0.3, 0.4) is 0 Å².